The summed E-state index contributed by atoms with van der Waals surface area (Å²) in [5, 5.41) is 6.60. The predicted molar refractivity (Wildman–Crippen MR) is 98.6 cm³/mol. The Bertz CT molecular complexity index is 547. The van der Waals surface area contributed by atoms with Crippen molar-refractivity contribution in [3.05, 3.63) is 29.8 Å². The molecule has 1 aliphatic heterocycles. The standard InChI is InChI=1S/C19H28N2O2.ClH/c1-14(2)23-17-8-6-15(7-9-17)11-21-18(22)19-10-4-3-5-16(19)12-20-13-19;/h6-9,14,16,20H,3-5,10-13H2,1-2H3,(H,21,22);1H/t16-,19+;/m0./s1. The van der Waals surface area contributed by atoms with Crippen LogP contribution >= 0.6 is 12.4 Å². The zero-order valence-electron chi connectivity index (χ0n) is 14.6. The molecule has 1 amide bonds. The first kappa shape index (κ1) is 19.1. The number of nitrogens with one attached hydrogen (secondary N) is 2. The van der Waals surface area contributed by atoms with Crippen molar-refractivity contribution in [1.29, 1.82) is 0 Å². The van der Waals surface area contributed by atoms with Crippen molar-refractivity contribution in [1.82, 2.24) is 10.6 Å². The summed E-state index contributed by atoms with van der Waals surface area (Å²) in [5.74, 6) is 1.62. The van der Waals surface area contributed by atoms with E-state index < -0.39 is 0 Å². The summed E-state index contributed by atoms with van der Waals surface area (Å²) in [6.07, 6.45) is 4.82. The van der Waals surface area contributed by atoms with E-state index in [1.54, 1.807) is 0 Å². The fourth-order valence-electron chi connectivity index (χ4n) is 4.01. The molecule has 0 bridgehead atoms. The van der Waals surface area contributed by atoms with Crippen LogP contribution in [-0.4, -0.2) is 25.1 Å². The van der Waals surface area contributed by atoms with Gasteiger partial charge >= 0.3 is 0 Å². The van der Waals surface area contributed by atoms with Crippen molar-refractivity contribution in [2.45, 2.75) is 52.2 Å². The topological polar surface area (TPSA) is 50.4 Å². The van der Waals surface area contributed by atoms with Gasteiger partial charge in [0.15, 0.2) is 0 Å². The van der Waals surface area contributed by atoms with Crippen LogP contribution in [0, 0.1) is 11.3 Å². The lowest BCUT2D eigenvalue weighted by Crippen LogP contribution is -2.47. The number of carbonyl (C=O) groups is 1. The Morgan fingerprint density at radius 2 is 2.08 bits per heavy atom. The highest BCUT2D eigenvalue weighted by Gasteiger charge is 2.49. The maximum atomic E-state index is 12.8. The summed E-state index contributed by atoms with van der Waals surface area (Å²) in [7, 11) is 0. The summed E-state index contributed by atoms with van der Waals surface area (Å²) in [6.45, 7) is 6.46. The minimum Gasteiger partial charge on any atom is -0.491 e. The van der Waals surface area contributed by atoms with Gasteiger partial charge in [0.1, 0.15) is 5.75 Å². The monoisotopic (exact) mass is 352 g/mol. The zero-order valence-corrected chi connectivity index (χ0v) is 15.5. The number of carbonyl (C=O) groups excluding carboxylic acids is 1. The van der Waals surface area contributed by atoms with E-state index in [4.69, 9.17) is 4.74 Å². The Morgan fingerprint density at radius 1 is 1.33 bits per heavy atom. The number of hydrogen-bond acceptors (Lipinski definition) is 3. The van der Waals surface area contributed by atoms with Crippen molar-refractivity contribution in [2.75, 3.05) is 13.1 Å². The number of ether oxygens (including phenoxy) is 1. The van der Waals surface area contributed by atoms with Gasteiger partial charge < -0.3 is 15.4 Å². The Hall–Kier alpha value is -1.26. The zero-order chi connectivity index (χ0) is 16.3. The number of rotatable bonds is 5. The molecular formula is C19H29ClN2O2. The third-order valence-corrected chi connectivity index (χ3v) is 5.24. The second-order valence-corrected chi connectivity index (χ2v) is 7.22. The predicted octanol–water partition coefficient (Wildman–Crippen LogP) is 3.29. The average molecular weight is 353 g/mol. The van der Waals surface area contributed by atoms with Gasteiger partial charge in [-0.15, -0.1) is 12.4 Å². The first-order valence-corrected chi connectivity index (χ1v) is 8.85. The van der Waals surface area contributed by atoms with E-state index in [0.29, 0.717) is 12.5 Å². The normalized spacial score (nSPS) is 25.7. The molecule has 1 aliphatic carbocycles. The van der Waals surface area contributed by atoms with Crippen molar-refractivity contribution in [3.8, 4) is 5.75 Å². The van der Waals surface area contributed by atoms with Gasteiger partial charge in [0.25, 0.3) is 0 Å². The van der Waals surface area contributed by atoms with Crippen LogP contribution in [0.2, 0.25) is 0 Å². The van der Waals surface area contributed by atoms with E-state index in [1.807, 2.05) is 38.1 Å². The molecule has 2 aliphatic rings. The fourth-order valence-corrected chi connectivity index (χ4v) is 4.01. The minimum absolute atomic E-state index is 0. The molecule has 1 heterocycles. The molecule has 4 nitrogen and oxygen atoms in total. The highest BCUT2D eigenvalue weighted by molar-refractivity contribution is 5.85. The van der Waals surface area contributed by atoms with E-state index in [9.17, 15) is 4.79 Å². The molecule has 1 aromatic carbocycles. The molecule has 24 heavy (non-hydrogen) atoms. The third-order valence-electron chi connectivity index (χ3n) is 5.24. The molecule has 134 valence electrons. The molecule has 0 spiro atoms. The lowest BCUT2D eigenvalue weighted by Gasteiger charge is -2.37. The van der Waals surface area contributed by atoms with Crippen LogP contribution in [0.4, 0.5) is 0 Å². The van der Waals surface area contributed by atoms with Crippen LogP contribution < -0.4 is 15.4 Å². The van der Waals surface area contributed by atoms with Gasteiger partial charge in [0.2, 0.25) is 5.91 Å². The third kappa shape index (κ3) is 4.04. The molecule has 3 rings (SSSR count). The Kier molecular flexibility index (Phi) is 6.53. The van der Waals surface area contributed by atoms with Gasteiger partial charge in [-0.2, -0.15) is 0 Å². The fraction of sp³-hybridized carbons (Fsp3) is 0.632. The molecule has 2 fully saturated rings. The quantitative estimate of drug-likeness (QED) is 0.854. The average Bonchev–Trinajstić information content (AvgIpc) is 2.98. The lowest BCUT2D eigenvalue weighted by atomic mass is 9.67. The minimum atomic E-state index is -0.168. The lowest BCUT2D eigenvalue weighted by molar-refractivity contribution is -0.134. The van der Waals surface area contributed by atoms with Crippen LogP contribution in [0.3, 0.4) is 0 Å². The van der Waals surface area contributed by atoms with E-state index in [0.717, 1.165) is 30.8 Å². The summed E-state index contributed by atoms with van der Waals surface area (Å²) < 4.78 is 5.65. The van der Waals surface area contributed by atoms with E-state index in [2.05, 4.69) is 10.6 Å². The number of fused-ring (bicyclic) bond motifs is 1. The van der Waals surface area contributed by atoms with Gasteiger partial charge in [-0.25, -0.2) is 0 Å². The molecule has 1 aromatic rings. The van der Waals surface area contributed by atoms with Gasteiger partial charge in [-0.3, -0.25) is 4.79 Å². The highest BCUT2D eigenvalue weighted by Crippen LogP contribution is 2.43. The summed E-state index contributed by atoms with van der Waals surface area (Å²) in [4.78, 5) is 12.8. The van der Waals surface area contributed by atoms with Crippen molar-refractivity contribution in [2.24, 2.45) is 11.3 Å². The smallest absolute Gasteiger partial charge is 0.228 e. The van der Waals surface area contributed by atoms with Gasteiger partial charge in [0.05, 0.1) is 11.5 Å². The molecule has 1 saturated carbocycles. The number of amides is 1. The summed E-state index contributed by atoms with van der Waals surface area (Å²) >= 11 is 0. The van der Waals surface area contributed by atoms with Crippen LogP contribution in [0.25, 0.3) is 0 Å². The van der Waals surface area contributed by atoms with Gasteiger partial charge in [-0.1, -0.05) is 25.0 Å². The van der Waals surface area contributed by atoms with Crippen LogP contribution in [-0.2, 0) is 11.3 Å². The van der Waals surface area contributed by atoms with Gasteiger partial charge in [-0.05, 0) is 56.8 Å². The van der Waals surface area contributed by atoms with E-state index >= 15 is 0 Å². The second kappa shape index (κ2) is 8.21. The first-order valence-electron chi connectivity index (χ1n) is 8.85. The number of halogens is 1. The number of benzene rings is 1. The second-order valence-electron chi connectivity index (χ2n) is 7.22. The molecule has 0 radical (unpaired) electrons. The largest absolute Gasteiger partial charge is 0.491 e. The van der Waals surface area contributed by atoms with Crippen molar-refractivity contribution < 1.29 is 9.53 Å². The van der Waals surface area contributed by atoms with Gasteiger partial charge in [0, 0.05) is 13.1 Å². The van der Waals surface area contributed by atoms with Crippen LogP contribution in [0.15, 0.2) is 24.3 Å². The molecule has 0 aromatic heterocycles. The maximum absolute atomic E-state index is 12.8. The number of hydrogen-bond donors (Lipinski definition) is 2. The molecular weight excluding hydrogens is 324 g/mol. The van der Waals surface area contributed by atoms with E-state index in [-0.39, 0.29) is 29.8 Å². The first-order chi connectivity index (χ1) is 11.1. The van der Waals surface area contributed by atoms with Crippen LogP contribution in [0.1, 0.15) is 45.1 Å². The van der Waals surface area contributed by atoms with Crippen molar-refractivity contribution in [3.63, 3.8) is 0 Å². The summed E-state index contributed by atoms with van der Waals surface area (Å²) in [6, 6.07) is 8.00. The molecule has 0 unspecified atom stereocenters. The molecule has 2 atom stereocenters. The molecule has 1 saturated heterocycles. The van der Waals surface area contributed by atoms with Crippen molar-refractivity contribution >= 4 is 18.3 Å². The Morgan fingerprint density at radius 3 is 2.79 bits per heavy atom. The molecule has 5 heteroatoms. The SMILES string of the molecule is CC(C)Oc1ccc(CNC(=O)[C@@]23CCCC[C@H]2CNC3)cc1.Cl. The summed E-state index contributed by atoms with van der Waals surface area (Å²) in [5.41, 5.74) is 0.947. The highest BCUT2D eigenvalue weighted by atomic mass is 35.5. The van der Waals surface area contributed by atoms with E-state index in [1.165, 1.54) is 19.3 Å². The maximum Gasteiger partial charge on any atom is 0.228 e. The molecule has 2 N–H and O–H groups in total. The Labute approximate surface area is 151 Å². The Balaban J connectivity index is 0.00000208. The van der Waals surface area contributed by atoms with Crippen LogP contribution in [0.5, 0.6) is 5.75 Å².